The van der Waals surface area contributed by atoms with Crippen LogP contribution in [0.1, 0.15) is 5.56 Å². The van der Waals surface area contributed by atoms with E-state index in [0.717, 1.165) is 11.3 Å². The lowest BCUT2D eigenvalue weighted by Crippen LogP contribution is -2.23. The van der Waals surface area contributed by atoms with Gasteiger partial charge in [0.2, 0.25) is 0 Å². The number of thioether (sulfide) groups is 1. The molecule has 3 aromatic carbocycles. The van der Waals surface area contributed by atoms with Crippen LogP contribution in [0.15, 0.2) is 93.2 Å². The molecule has 0 atom stereocenters. The van der Waals surface area contributed by atoms with Crippen LogP contribution in [0.5, 0.6) is 5.75 Å². The zero-order valence-corrected chi connectivity index (χ0v) is 20.1. The maximum absolute atomic E-state index is 12.7. The van der Waals surface area contributed by atoms with Crippen molar-refractivity contribution in [3.05, 3.63) is 93.8 Å². The maximum Gasteiger partial charge on any atom is 0.266 e. The minimum atomic E-state index is -0.250. The Hall–Kier alpha value is -3.36. The summed E-state index contributed by atoms with van der Waals surface area (Å²) in [6, 6.07) is 24.2. The Balaban J connectivity index is 1.42. The van der Waals surface area contributed by atoms with E-state index in [1.165, 1.54) is 11.8 Å². The number of hydrogen-bond acceptors (Lipinski definition) is 5. The highest BCUT2D eigenvalue weighted by Gasteiger charge is 2.30. The van der Waals surface area contributed by atoms with Crippen molar-refractivity contribution in [3.8, 4) is 5.75 Å². The third kappa shape index (κ3) is 5.91. The fourth-order valence-electron chi connectivity index (χ4n) is 3.00. The molecular weight excluding hydrogens is 502 g/mol. The number of nitrogens with zero attached hydrogens (tertiary/aromatic N) is 2. The number of amidine groups is 1. The van der Waals surface area contributed by atoms with Gasteiger partial charge in [-0.25, -0.2) is 4.99 Å². The van der Waals surface area contributed by atoms with Crippen molar-refractivity contribution in [2.45, 2.75) is 0 Å². The van der Waals surface area contributed by atoms with Gasteiger partial charge in [-0.05, 0) is 75.7 Å². The van der Waals surface area contributed by atoms with Gasteiger partial charge in [0.1, 0.15) is 5.75 Å². The van der Waals surface area contributed by atoms with Crippen LogP contribution >= 0.6 is 27.7 Å². The van der Waals surface area contributed by atoms with E-state index in [0.29, 0.717) is 26.0 Å². The van der Waals surface area contributed by atoms with Gasteiger partial charge < -0.3 is 10.1 Å². The van der Waals surface area contributed by atoms with Gasteiger partial charge in [-0.3, -0.25) is 14.5 Å². The van der Waals surface area contributed by atoms with Crippen LogP contribution in [-0.2, 0) is 9.59 Å². The molecule has 0 unspecified atom stereocenters. The SMILES string of the molecule is CN1C(=O)C(=Cc2ccc(OCC(=O)Nc3ccccc3)c(Br)c2)SC1=Nc1ccccc1. The maximum atomic E-state index is 12.7. The first kappa shape index (κ1) is 22.8. The Morgan fingerprint density at radius 1 is 1.09 bits per heavy atom. The number of carbonyl (C=O) groups excluding carboxylic acids is 2. The van der Waals surface area contributed by atoms with Crippen LogP contribution in [-0.4, -0.2) is 35.5 Å². The summed E-state index contributed by atoms with van der Waals surface area (Å²) < 4.78 is 6.32. The van der Waals surface area contributed by atoms with Crippen molar-refractivity contribution in [3.63, 3.8) is 0 Å². The zero-order valence-electron chi connectivity index (χ0n) is 17.7. The predicted molar refractivity (Wildman–Crippen MR) is 137 cm³/mol. The minimum Gasteiger partial charge on any atom is -0.483 e. The molecule has 0 radical (unpaired) electrons. The Labute approximate surface area is 204 Å². The summed E-state index contributed by atoms with van der Waals surface area (Å²) in [5.74, 6) is 0.179. The van der Waals surface area contributed by atoms with Crippen molar-refractivity contribution in [2.24, 2.45) is 4.99 Å². The minimum absolute atomic E-state index is 0.108. The molecule has 1 aliphatic rings. The van der Waals surface area contributed by atoms with E-state index >= 15 is 0 Å². The molecule has 1 fully saturated rings. The number of para-hydroxylation sites is 2. The second-order valence-corrected chi connectivity index (χ2v) is 8.96. The normalized spacial score (nSPS) is 15.8. The third-order valence-electron chi connectivity index (χ3n) is 4.65. The first-order chi connectivity index (χ1) is 16.0. The van der Waals surface area contributed by atoms with E-state index in [1.54, 1.807) is 18.0 Å². The summed E-state index contributed by atoms with van der Waals surface area (Å²) >= 11 is 4.81. The highest BCUT2D eigenvalue weighted by Crippen LogP contribution is 2.34. The number of aliphatic imine (C=N–C) groups is 1. The molecule has 4 rings (SSSR count). The van der Waals surface area contributed by atoms with Crippen molar-refractivity contribution >= 4 is 62.1 Å². The van der Waals surface area contributed by atoms with E-state index in [-0.39, 0.29) is 18.4 Å². The second kappa shape index (κ2) is 10.5. The fourth-order valence-corrected chi connectivity index (χ4v) is 4.50. The lowest BCUT2D eigenvalue weighted by Gasteiger charge is -2.09. The molecule has 33 heavy (non-hydrogen) atoms. The smallest absolute Gasteiger partial charge is 0.266 e. The first-order valence-electron chi connectivity index (χ1n) is 10.1. The number of likely N-dealkylation sites (N-methyl/N-ethyl adjacent to an activating group) is 1. The average molecular weight is 522 g/mol. The lowest BCUT2D eigenvalue weighted by atomic mass is 10.2. The van der Waals surface area contributed by atoms with Crippen LogP contribution in [0.25, 0.3) is 6.08 Å². The summed E-state index contributed by atoms with van der Waals surface area (Å²) in [6.45, 7) is -0.119. The quantitative estimate of drug-likeness (QED) is 0.422. The van der Waals surface area contributed by atoms with E-state index in [1.807, 2.05) is 78.9 Å². The number of benzene rings is 3. The molecule has 1 heterocycles. The summed E-state index contributed by atoms with van der Waals surface area (Å²) in [7, 11) is 1.71. The van der Waals surface area contributed by atoms with E-state index in [9.17, 15) is 9.59 Å². The molecule has 8 heteroatoms. The molecule has 0 aliphatic carbocycles. The third-order valence-corrected chi connectivity index (χ3v) is 6.33. The van der Waals surface area contributed by atoms with Crippen molar-refractivity contribution in [2.75, 3.05) is 19.0 Å². The van der Waals surface area contributed by atoms with E-state index in [4.69, 9.17) is 4.74 Å². The molecule has 166 valence electrons. The molecule has 1 N–H and O–H groups in total. The Kier molecular flexibility index (Phi) is 7.26. The lowest BCUT2D eigenvalue weighted by molar-refractivity contribution is -0.121. The van der Waals surface area contributed by atoms with Gasteiger partial charge in [0.05, 0.1) is 15.1 Å². The number of amides is 2. The number of ether oxygens (including phenoxy) is 1. The summed E-state index contributed by atoms with van der Waals surface area (Å²) in [6.07, 6.45) is 1.81. The molecule has 1 aliphatic heterocycles. The number of nitrogens with one attached hydrogen (secondary N) is 1. The van der Waals surface area contributed by atoms with Gasteiger partial charge in [-0.1, -0.05) is 42.5 Å². The standard InChI is InChI=1S/C25H20BrN3O3S/c1-29-24(31)22(33-25(29)28-19-10-6-3-7-11-19)15-17-12-13-21(20(26)14-17)32-16-23(30)27-18-8-4-2-5-9-18/h2-15H,16H2,1H3,(H,27,30). The number of rotatable bonds is 6. The Morgan fingerprint density at radius 3 is 2.48 bits per heavy atom. The summed E-state index contributed by atoms with van der Waals surface area (Å²) in [4.78, 5) is 31.5. The van der Waals surface area contributed by atoms with E-state index < -0.39 is 0 Å². The molecule has 0 saturated carbocycles. The highest BCUT2D eigenvalue weighted by molar-refractivity contribution is 9.10. The Morgan fingerprint density at radius 2 is 1.79 bits per heavy atom. The van der Waals surface area contributed by atoms with Gasteiger partial charge in [-0.15, -0.1) is 0 Å². The monoisotopic (exact) mass is 521 g/mol. The molecule has 6 nitrogen and oxygen atoms in total. The van der Waals surface area contributed by atoms with Crippen LogP contribution in [0.4, 0.5) is 11.4 Å². The van der Waals surface area contributed by atoms with Gasteiger partial charge in [-0.2, -0.15) is 0 Å². The average Bonchev–Trinajstić information content (AvgIpc) is 3.07. The molecule has 0 aromatic heterocycles. The number of hydrogen-bond donors (Lipinski definition) is 1. The molecular formula is C25H20BrN3O3S. The molecule has 0 bridgehead atoms. The molecule has 1 saturated heterocycles. The molecule has 3 aromatic rings. The number of carbonyl (C=O) groups is 2. The molecule has 2 amide bonds. The predicted octanol–water partition coefficient (Wildman–Crippen LogP) is 5.70. The topological polar surface area (TPSA) is 71.0 Å². The van der Waals surface area contributed by atoms with E-state index in [2.05, 4.69) is 26.2 Å². The fraction of sp³-hybridized carbons (Fsp3) is 0.0800. The van der Waals surface area contributed by atoms with Crippen molar-refractivity contribution in [1.82, 2.24) is 4.90 Å². The first-order valence-corrected chi connectivity index (χ1v) is 11.7. The van der Waals surface area contributed by atoms with Gasteiger partial charge in [0.15, 0.2) is 11.8 Å². The number of halogens is 1. The van der Waals surface area contributed by atoms with Crippen LogP contribution in [0, 0.1) is 0 Å². The highest BCUT2D eigenvalue weighted by atomic mass is 79.9. The van der Waals surface area contributed by atoms with Crippen LogP contribution < -0.4 is 10.1 Å². The molecule has 0 spiro atoms. The van der Waals surface area contributed by atoms with Crippen LogP contribution in [0.3, 0.4) is 0 Å². The summed E-state index contributed by atoms with van der Waals surface area (Å²) in [5, 5.41) is 3.40. The zero-order chi connectivity index (χ0) is 23.2. The van der Waals surface area contributed by atoms with Crippen molar-refractivity contribution in [1.29, 1.82) is 0 Å². The van der Waals surface area contributed by atoms with Gasteiger partial charge in [0.25, 0.3) is 11.8 Å². The van der Waals surface area contributed by atoms with Crippen LogP contribution in [0.2, 0.25) is 0 Å². The second-order valence-electron chi connectivity index (χ2n) is 7.10. The number of anilines is 1. The van der Waals surface area contributed by atoms with Gasteiger partial charge >= 0.3 is 0 Å². The largest absolute Gasteiger partial charge is 0.483 e. The Bertz CT molecular complexity index is 1230. The summed E-state index contributed by atoms with van der Waals surface area (Å²) in [5.41, 5.74) is 2.33. The van der Waals surface area contributed by atoms with Gasteiger partial charge in [0, 0.05) is 12.7 Å². The van der Waals surface area contributed by atoms with Crippen molar-refractivity contribution < 1.29 is 14.3 Å².